The summed E-state index contributed by atoms with van der Waals surface area (Å²) < 4.78 is 11.2. The number of carbonyl (C=O) groups excluding carboxylic acids is 1. The fourth-order valence-electron chi connectivity index (χ4n) is 1.99. The average molecular weight is 314 g/mol. The first-order valence-electron chi connectivity index (χ1n) is 5.76. The Labute approximate surface area is 115 Å². The maximum absolute atomic E-state index is 11.3. The van der Waals surface area contributed by atoms with E-state index in [2.05, 4.69) is 15.9 Å². The molecule has 3 unspecified atom stereocenters. The molecule has 0 N–H and O–H groups in total. The van der Waals surface area contributed by atoms with Gasteiger partial charge in [-0.25, -0.2) is 0 Å². The monoisotopic (exact) mass is 313 g/mol. The summed E-state index contributed by atoms with van der Waals surface area (Å²) in [6.45, 7) is 1.44. The van der Waals surface area contributed by atoms with Crippen molar-refractivity contribution in [2.24, 2.45) is 0 Å². The fourth-order valence-corrected chi connectivity index (χ4v) is 2.53. The lowest BCUT2D eigenvalue weighted by molar-refractivity contribution is -0.140. The zero-order chi connectivity index (χ0) is 13.1. The Morgan fingerprint density at radius 2 is 2.22 bits per heavy atom. The summed E-state index contributed by atoms with van der Waals surface area (Å²) >= 11 is 3.52. The Morgan fingerprint density at radius 3 is 2.83 bits per heavy atom. The number of carbonyl (C=O) groups is 1. The fraction of sp³-hybridized carbons (Fsp3) is 0.462. The Balaban J connectivity index is 2.00. The van der Waals surface area contributed by atoms with Crippen molar-refractivity contribution in [3.05, 3.63) is 34.3 Å². The predicted molar refractivity (Wildman–Crippen MR) is 71.3 cm³/mol. The van der Waals surface area contributed by atoms with Crippen molar-refractivity contribution in [2.45, 2.75) is 12.1 Å². The largest absolute Gasteiger partial charge is 0.468 e. The van der Waals surface area contributed by atoms with Gasteiger partial charge in [0.25, 0.3) is 0 Å². The maximum Gasteiger partial charge on any atom is 0.324 e. The minimum atomic E-state index is -0.169. The highest BCUT2D eigenvalue weighted by molar-refractivity contribution is 9.10. The molecule has 3 atom stereocenters. The summed E-state index contributed by atoms with van der Waals surface area (Å²) in [5.41, 5.74) is 1.09. The molecular weight excluding hydrogens is 298 g/mol. The number of esters is 1. The van der Waals surface area contributed by atoms with E-state index in [9.17, 15) is 4.79 Å². The van der Waals surface area contributed by atoms with Crippen LogP contribution in [0.3, 0.4) is 0 Å². The van der Waals surface area contributed by atoms with E-state index in [4.69, 9.17) is 9.47 Å². The van der Waals surface area contributed by atoms with Crippen LogP contribution < -0.4 is 0 Å². The molecule has 1 heterocycles. The van der Waals surface area contributed by atoms with Crippen molar-refractivity contribution in [1.82, 2.24) is 4.90 Å². The topological polar surface area (TPSA) is 38.5 Å². The van der Waals surface area contributed by atoms with Crippen LogP contribution in [0.15, 0.2) is 28.7 Å². The highest BCUT2D eigenvalue weighted by Gasteiger charge is 2.42. The van der Waals surface area contributed by atoms with E-state index in [1.54, 1.807) is 7.11 Å². The first-order valence-corrected chi connectivity index (χ1v) is 6.55. The highest BCUT2D eigenvalue weighted by atomic mass is 79.9. The summed E-state index contributed by atoms with van der Waals surface area (Å²) in [5.74, 6) is -0.169. The molecule has 0 aromatic heterocycles. The first-order chi connectivity index (χ1) is 8.67. The molecule has 0 bridgehead atoms. The van der Waals surface area contributed by atoms with Crippen molar-refractivity contribution in [1.29, 1.82) is 0 Å². The number of methoxy groups -OCH3 is 2. The molecule has 98 valence electrons. The van der Waals surface area contributed by atoms with E-state index >= 15 is 0 Å². The van der Waals surface area contributed by atoms with E-state index < -0.39 is 0 Å². The van der Waals surface area contributed by atoms with Crippen LogP contribution in [0.1, 0.15) is 11.7 Å². The second kappa shape index (κ2) is 5.82. The van der Waals surface area contributed by atoms with Gasteiger partial charge in [-0.05, 0) is 11.6 Å². The van der Waals surface area contributed by atoms with Gasteiger partial charge in [-0.2, -0.15) is 0 Å². The standard InChI is InChI=1S/C13H16BrNO3/c1-17-12(9-5-3-4-6-10(9)14)8-15-7-11(15)13(16)18-2/h3-6,11-12H,7-8H2,1-2H3. The lowest BCUT2D eigenvalue weighted by Crippen LogP contribution is -2.20. The van der Waals surface area contributed by atoms with Crippen LogP contribution in [0, 0.1) is 0 Å². The Bertz CT molecular complexity index is 438. The molecule has 1 aliphatic heterocycles. The van der Waals surface area contributed by atoms with Crippen molar-refractivity contribution < 1.29 is 14.3 Å². The third-order valence-corrected chi connectivity index (χ3v) is 3.85. The van der Waals surface area contributed by atoms with Crippen molar-refractivity contribution in [3.8, 4) is 0 Å². The third-order valence-electron chi connectivity index (χ3n) is 3.12. The predicted octanol–water partition coefficient (Wildman–Crippen LogP) is 1.99. The molecule has 1 aromatic carbocycles. The summed E-state index contributed by atoms with van der Waals surface area (Å²) in [7, 11) is 3.10. The molecule has 5 heteroatoms. The minimum Gasteiger partial charge on any atom is -0.468 e. The molecule has 0 spiro atoms. The van der Waals surface area contributed by atoms with Crippen LogP contribution in [0.5, 0.6) is 0 Å². The van der Waals surface area contributed by atoms with Gasteiger partial charge in [0.2, 0.25) is 0 Å². The van der Waals surface area contributed by atoms with Crippen molar-refractivity contribution in [3.63, 3.8) is 0 Å². The van der Waals surface area contributed by atoms with Gasteiger partial charge in [-0.1, -0.05) is 34.1 Å². The zero-order valence-electron chi connectivity index (χ0n) is 10.4. The highest BCUT2D eigenvalue weighted by Crippen LogP contribution is 2.30. The number of ether oxygens (including phenoxy) is 2. The molecule has 0 radical (unpaired) electrons. The van der Waals surface area contributed by atoms with Crippen LogP contribution in [-0.2, 0) is 14.3 Å². The van der Waals surface area contributed by atoms with Crippen LogP contribution in [0.25, 0.3) is 0 Å². The number of halogens is 1. The molecule has 1 saturated heterocycles. The van der Waals surface area contributed by atoms with Crippen LogP contribution in [0.4, 0.5) is 0 Å². The summed E-state index contributed by atoms with van der Waals surface area (Å²) in [5, 5.41) is 0. The lowest BCUT2D eigenvalue weighted by Gasteiger charge is -2.18. The molecule has 0 saturated carbocycles. The van der Waals surface area contributed by atoms with Gasteiger partial charge in [0.1, 0.15) is 6.04 Å². The smallest absolute Gasteiger partial charge is 0.324 e. The average Bonchev–Trinajstić information content (AvgIpc) is 3.15. The molecule has 0 aliphatic carbocycles. The van der Waals surface area contributed by atoms with Gasteiger partial charge in [0.15, 0.2) is 0 Å². The summed E-state index contributed by atoms with van der Waals surface area (Å²) in [4.78, 5) is 13.4. The van der Waals surface area contributed by atoms with Crippen LogP contribution in [-0.4, -0.2) is 44.2 Å². The third kappa shape index (κ3) is 2.91. The Morgan fingerprint density at radius 1 is 1.50 bits per heavy atom. The molecule has 4 nitrogen and oxygen atoms in total. The van der Waals surface area contributed by atoms with E-state index in [0.29, 0.717) is 6.54 Å². The molecule has 2 rings (SSSR count). The Hall–Kier alpha value is -0.910. The second-order valence-corrected chi connectivity index (χ2v) is 5.09. The molecule has 18 heavy (non-hydrogen) atoms. The molecule has 1 aromatic rings. The van der Waals surface area contributed by atoms with E-state index in [0.717, 1.165) is 16.6 Å². The van der Waals surface area contributed by atoms with Gasteiger partial charge >= 0.3 is 5.97 Å². The number of hydrogen-bond acceptors (Lipinski definition) is 4. The van der Waals surface area contributed by atoms with Crippen LogP contribution in [0.2, 0.25) is 0 Å². The van der Waals surface area contributed by atoms with E-state index in [1.165, 1.54) is 7.11 Å². The van der Waals surface area contributed by atoms with Gasteiger partial charge in [-0.15, -0.1) is 0 Å². The first kappa shape index (κ1) is 13.5. The number of rotatable bonds is 5. The number of benzene rings is 1. The normalized spacial score (nSPS) is 23.5. The molecule has 1 aliphatic rings. The Kier molecular flexibility index (Phi) is 4.37. The number of hydrogen-bond donors (Lipinski definition) is 0. The van der Waals surface area contributed by atoms with Gasteiger partial charge in [-0.3, -0.25) is 9.69 Å². The van der Waals surface area contributed by atoms with Gasteiger partial charge < -0.3 is 9.47 Å². The second-order valence-electron chi connectivity index (χ2n) is 4.24. The summed E-state index contributed by atoms with van der Waals surface area (Å²) in [6.07, 6.45) is -0.0461. The molecule has 1 fully saturated rings. The molecule has 0 amide bonds. The van der Waals surface area contributed by atoms with Gasteiger partial charge in [0.05, 0.1) is 13.2 Å². The molecular formula is C13H16BrNO3. The van der Waals surface area contributed by atoms with Crippen molar-refractivity contribution >= 4 is 21.9 Å². The van der Waals surface area contributed by atoms with Gasteiger partial charge in [0, 0.05) is 24.7 Å². The number of nitrogens with zero attached hydrogens (tertiary/aromatic N) is 1. The lowest BCUT2D eigenvalue weighted by atomic mass is 10.1. The zero-order valence-corrected chi connectivity index (χ0v) is 12.0. The van der Waals surface area contributed by atoms with Crippen LogP contribution >= 0.6 is 15.9 Å². The minimum absolute atomic E-state index is 0.0461. The SMILES string of the molecule is COC(=O)C1CN1CC(OC)c1ccccc1Br. The summed E-state index contributed by atoms with van der Waals surface area (Å²) in [6, 6.07) is 7.85. The van der Waals surface area contributed by atoms with E-state index in [-0.39, 0.29) is 18.1 Å². The maximum atomic E-state index is 11.3. The van der Waals surface area contributed by atoms with Crippen molar-refractivity contribution in [2.75, 3.05) is 27.3 Å². The van der Waals surface area contributed by atoms with E-state index in [1.807, 2.05) is 29.2 Å². The quantitative estimate of drug-likeness (QED) is 0.615.